The first-order valence-electron chi connectivity index (χ1n) is 10.2. The fourth-order valence-electron chi connectivity index (χ4n) is 3.32. The molecule has 1 amide bonds. The molecule has 0 aliphatic carbocycles. The number of hydrogen-bond donors (Lipinski definition) is 0. The number of amides is 1. The Kier molecular flexibility index (Phi) is 6.82. The third kappa shape index (κ3) is 4.35. The van der Waals surface area contributed by atoms with Gasteiger partial charge in [-0.1, -0.05) is 0 Å². The summed E-state index contributed by atoms with van der Waals surface area (Å²) in [5.41, 5.74) is 1.50. The van der Waals surface area contributed by atoms with Crippen molar-refractivity contribution in [1.82, 2.24) is 0 Å². The molecule has 3 rings (SSSR count). The molecule has 0 saturated heterocycles. The maximum absolute atomic E-state index is 13.5. The van der Waals surface area contributed by atoms with E-state index in [9.17, 15) is 9.59 Å². The van der Waals surface area contributed by atoms with Crippen LogP contribution in [0.15, 0.2) is 30.3 Å². The Morgan fingerprint density at radius 3 is 2.13 bits per heavy atom. The van der Waals surface area contributed by atoms with Gasteiger partial charge in [-0.3, -0.25) is 9.59 Å². The highest BCUT2D eigenvalue weighted by atomic mass is 16.5. The van der Waals surface area contributed by atoms with E-state index in [1.54, 1.807) is 35.2 Å². The van der Waals surface area contributed by atoms with Gasteiger partial charge in [-0.05, 0) is 58.0 Å². The second-order valence-electron chi connectivity index (χ2n) is 6.64. The topological polar surface area (TPSA) is 74.3 Å². The molecule has 30 heavy (non-hydrogen) atoms. The Bertz CT molecular complexity index is 912. The van der Waals surface area contributed by atoms with Gasteiger partial charge in [0.05, 0.1) is 32.1 Å². The summed E-state index contributed by atoms with van der Waals surface area (Å²) in [7, 11) is 0. The van der Waals surface area contributed by atoms with Gasteiger partial charge in [0, 0.05) is 11.1 Å². The molecule has 7 nitrogen and oxygen atoms in total. The minimum Gasteiger partial charge on any atom is -0.490 e. The summed E-state index contributed by atoms with van der Waals surface area (Å²) in [5.74, 6) is 1.66. The molecule has 0 atom stereocenters. The largest absolute Gasteiger partial charge is 0.490 e. The monoisotopic (exact) mass is 413 g/mol. The van der Waals surface area contributed by atoms with Gasteiger partial charge >= 0.3 is 0 Å². The lowest BCUT2D eigenvalue weighted by Crippen LogP contribution is -2.38. The first kappa shape index (κ1) is 21.5. The van der Waals surface area contributed by atoms with Gasteiger partial charge < -0.3 is 23.8 Å². The fourth-order valence-corrected chi connectivity index (χ4v) is 3.32. The molecule has 0 aromatic heterocycles. The van der Waals surface area contributed by atoms with E-state index in [2.05, 4.69) is 0 Å². The van der Waals surface area contributed by atoms with Crippen LogP contribution in [-0.2, 0) is 0 Å². The summed E-state index contributed by atoms with van der Waals surface area (Å²) in [6.45, 7) is 9.13. The van der Waals surface area contributed by atoms with E-state index in [0.29, 0.717) is 72.8 Å². The lowest BCUT2D eigenvalue weighted by atomic mass is 10.1. The minimum absolute atomic E-state index is 0.0749. The van der Waals surface area contributed by atoms with Crippen molar-refractivity contribution < 1.29 is 28.5 Å². The van der Waals surface area contributed by atoms with Crippen LogP contribution in [0.4, 0.5) is 5.69 Å². The smallest absolute Gasteiger partial charge is 0.258 e. The van der Waals surface area contributed by atoms with Crippen LogP contribution in [-0.4, -0.2) is 44.7 Å². The fraction of sp³-hybridized carbons (Fsp3) is 0.391. The Hall–Kier alpha value is -3.22. The quantitative estimate of drug-likeness (QED) is 0.606. The zero-order valence-corrected chi connectivity index (χ0v) is 17.8. The SMILES string of the molecule is CCOc1cc(C(=O)N2CCOc3ccc(C(C)=O)cc32)cc(OCC)c1OCC. The van der Waals surface area contributed by atoms with Crippen molar-refractivity contribution >= 4 is 17.4 Å². The van der Waals surface area contributed by atoms with Gasteiger partial charge in [0.25, 0.3) is 5.91 Å². The summed E-state index contributed by atoms with van der Waals surface area (Å²) in [4.78, 5) is 26.9. The standard InChI is InChI=1S/C23H27NO6/c1-5-27-20-13-17(14-21(28-6-2)22(20)29-7-3)23(26)24-10-11-30-19-9-8-16(15(4)25)12-18(19)24/h8-9,12-14H,5-7,10-11H2,1-4H3. The van der Waals surface area contributed by atoms with Crippen LogP contribution in [0.5, 0.6) is 23.0 Å². The molecule has 1 aliphatic heterocycles. The van der Waals surface area contributed by atoms with Gasteiger partial charge in [-0.2, -0.15) is 0 Å². The molecule has 160 valence electrons. The van der Waals surface area contributed by atoms with Crippen molar-refractivity contribution in [3.63, 3.8) is 0 Å². The zero-order chi connectivity index (χ0) is 21.7. The van der Waals surface area contributed by atoms with Crippen LogP contribution in [0.1, 0.15) is 48.4 Å². The van der Waals surface area contributed by atoms with Crippen LogP contribution in [0.25, 0.3) is 0 Å². The molecule has 0 fully saturated rings. The van der Waals surface area contributed by atoms with Crippen molar-refractivity contribution in [1.29, 1.82) is 0 Å². The average Bonchev–Trinajstić information content (AvgIpc) is 2.74. The first-order chi connectivity index (χ1) is 14.5. The molecule has 0 N–H and O–H groups in total. The van der Waals surface area contributed by atoms with E-state index in [1.165, 1.54) is 6.92 Å². The number of rotatable bonds is 8. The number of ether oxygens (including phenoxy) is 4. The third-order valence-corrected chi connectivity index (χ3v) is 4.63. The van der Waals surface area contributed by atoms with E-state index in [1.807, 2.05) is 20.8 Å². The zero-order valence-electron chi connectivity index (χ0n) is 17.8. The average molecular weight is 413 g/mol. The van der Waals surface area contributed by atoms with Gasteiger partial charge in [0.1, 0.15) is 12.4 Å². The number of carbonyl (C=O) groups excluding carboxylic acids is 2. The van der Waals surface area contributed by atoms with Crippen molar-refractivity contribution in [3.8, 4) is 23.0 Å². The lowest BCUT2D eigenvalue weighted by Gasteiger charge is -2.30. The van der Waals surface area contributed by atoms with E-state index in [0.717, 1.165) is 0 Å². The number of Topliss-reactive ketones (excluding diaryl/α,β-unsaturated/α-hetero) is 1. The van der Waals surface area contributed by atoms with Gasteiger partial charge in [-0.25, -0.2) is 0 Å². The summed E-state index contributed by atoms with van der Waals surface area (Å²) < 4.78 is 22.9. The molecule has 0 radical (unpaired) electrons. The lowest BCUT2D eigenvalue weighted by molar-refractivity contribution is 0.0972. The highest BCUT2D eigenvalue weighted by molar-refractivity contribution is 6.08. The molecule has 2 aromatic rings. The number of nitrogens with zero attached hydrogens (tertiary/aromatic N) is 1. The summed E-state index contributed by atoms with van der Waals surface area (Å²) in [6.07, 6.45) is 0. The second-order valence-corrected chi connectivity index (χ2v) is 6.64. The van der Waals surface area contributed by atoms with Crippen LogP contribution in [0.2, 0.25) is 0 Å². The molecule has 2 aromatic carbocycles. The second kappa shape index (κ2) is 9.52. The summed E-state index contributed by atoms with van der Waals surface area (Å²) in [6, 6.07) is 8.45. The molecule has 0 saturated carbocycles. The normalized spacial score (nSPS) is 12.6. The number of carbonyl (C=O) groups is 2. The van der Waals surface area contributed by atoms with E-state index >= 15 is 0 Å². The molecule has 0 unspecified atom stereocenters. The maximum Gasteiger partial charge on any atom is 0.258 e. The molecular weight excluding hydrogens is 386 g/mol. The van der Waals surface area contributed by atoms with Crippen LogP contribution < -0.4 is 23.8 Å². The third-order valence-electron chi connectivity index (χ3n) is 4.63. The number of hydrogen-bond acceptors (Lipinski definition) is 6. The van der Waals surface area contributed by atoms with Gasteiger partial charge in [-0.15, -0.1) is 0 Å². The predicted molar refractivity (Wildman–Crippen MR) is 114 cm³/mol. The number of ketones is 1. The van der Waals surface area contributed by atoms with Gasteiger partial charge in [0.15, 0.2) is 17.3 Å². The molecular formula is C23H27NO6. The van der Waals surface area contributed by atoms with Crippen LogP contribution in [0.3, 0.4) is 0 Å². The molecule has 7 heteroatoms. The van der Waals surface area contributed by atoms with Crippen molar-refractivity contribution in [2.24, 2.45) is 0 Å². The molecule has 0 spiro atoms. The summed E-state index contributed by atoms with van der Waals surface area (Å²) >= 11 is 0. The highest BCUT2D eigenvalue weighted by Gasteiger charge is 2.27. The van der Waals surface area contributed by atoms with E-state index < -0.39 is 0 Å². The summed E-state index contributed by atoms with van der Waals surface area (Å²) in [5, 5.41) is 0. The number of benzene rings is 2. The van der Waals surface area contributed by atoms with Gasteiger partial charge in [0.2, 0.25) is 5.75 Å². The number of fused-ring (bicyclic) bond motifs is 1. The van der Waals surface area contributed by atoms with Crippen LogP contribution in [0, 0.1) is 0 Å². The Balaban J connectivity index is 2.05. The highest BCUT2D eigenvalue weighted by Crippen LogP contribution is 2.40. The molecule has 1 heterocycles. The van der Waals surface area contributed by atoms with Crippen molar-refractivity contribution in [2.75, 3.05) is 37.9 Å². The predicted octanol–water partition coefficient (Wildman–Crippen LogP) is 4.12. The van der Waals surface area contributed by atoms with Crippen molar-refractivity contribution in [2.45, 2.75) is 27.7 Å². The Labute approximate surface area is 176 Å². The van der Waals surface area contributed by atoms with Crippen molar-refractivity contribution in [3.05, 3.63) is 41.5 Å². The maximum atomic E-state index is 13.5. The minimum atomic E-state index is -0.231. The molecule has 1 aliphatic rings. The first-order valence-corrected chi connectivity index (χ1v) is 10.2. The molecule has 0 bridgehead atoms. The number of anilines is 1. The Morgan fingerprint density at radius 1 is 0.933 bits per heavy atom. The van der Waals surface area contributed by atoms with E-state index in [4.69, 9.17) is 18.9 Å². The van der Waals surface area contributed by atoms with E-state index in [-0.39, 0.29) is 11.7 Å². The Morgan fingerprint density at radius 2 is 1.57 bits per heavy atom. The van der Waals surface area contributed by atoms with Crippen LogP contribution >= 0.6 is 0 Å².